The fraction of sp³-hybridized carbons (Fsp3) is 0.136. The number of amides is 1. The predicted octanol–water partition coefficient (Wildman–Crippen LogP) is 2.71. The smallest absolute Gasteiger partial charge is 0.324 e. The van der Waals surface area contributed by atoms with E-state index in [-0.39, 0.29) is 12.3 Å². The fourth-order valence-corrected chi connectivity index (χ4v) is 3.21. The number of rotatable bonds is 5. The number of aromatic nitrogens is 4. The van der Waals surface area contributed by atoms with Gasteiger partial charge in [0, 0.05) is 22.9 Å². The monoisotopic (exact) mass is 401 g/mol. The summed E-state index contributed by atoms with van der Waals surface area (Å²) >= 11 is 0. The summed E-state index contributed by atoms with van der Waals surface area (Å²) in [7, 11) is 0. The number of ketones is 1. The van der Waals surface area contributed by atoms with Gasteiger partial charge in [0.15, 0.2) is 11.4 Å². The summed E-state index contributed by atoms with van der Waals surface area (Å²) in [6.45, 7) is 2.92. The molecular formula is C22H19N5O3. The standard InChI is InChI=1S/C22H19N5O3/c1-14(28)17-9-6-10-18(11-17)24-21(29)13-26-22(30)27-15(2)23-19(12-20(27)25-26)16-7-4-3-5-8-16/h3-12H,13H2,1-2H3,(H,24,29). The highest BCUT2D eigenvalue weighted by molar-refractivity contribution is 5.97. The average Bonchev–Trinajstić information content (AvgIpc) is 3.04. The number of aryl methyl sites for hydroxylation is 1. The molecule has 0 radical (unpaired) electrons. The molecule has 0 saturated heterocycles. The average molecular weight is 401 g/mol. The second-order valence-electron chi connectivity index (χ2n) is 6.87. The van der Waals surface area contributed by atoms with Crippen LogP contribution in [0.4, 0.5) is 5.69 Å². The Morgan fingerprint density at radius 3 is 2.53 bits per heavy atom. The van der Waals surface area contributed by atoms with Crippen LogP contribution in [0.2, 0.25) is 0 Å². The first-order chi connectivity index (χ1) is 14.4. The summed E-state index contributed by atoms with van der Waals surface area (Å²) < 4.78 is 2.47. The molecule has 8 heteroatoms. The fourth-order valence-electron chi connectivity index (χ4n) is 3.21. The molecular weight excluding hydrogens is 382 g/mol. The first kappa shape index (κ1) is 19.3. The molecule has 0 saturated carbocycles. The Morgan fingerprint density at radius 1 is 1.03 bits per heavy atom. The summed E-state index contributed by atoms with van der Waals surface area (Å²) in [5, 5.41) is 6.99. The van der Waals surface area contributed by atoms with Gasteiger partial charge in [-0.1, -0.05) is 42.5 Å². The van der Waals surface area contributed by atoms with Gasteiger partial charge in [-0.2, -0.15) is 0 Å². The van der Waals surface area contributed by atoms with E-state index in [0.29, 0.717) is 28.4 Å². The van der Waals surface area contributed by atoms with E-state index in [4.69, 9.17) is 0 Å². The van der Waals surface area contributed by atoms with Gasteiger partial charge in [0.1, 0.15) is 12.4 Å². The molecule has 2 heterocycles. The third-order valence-electron chi connectivity index (χ3n) is 4.65. The van der Waals surface area contributed by atoms with Gasteiger partial charge >= 0.3 is 5.69 Å². The van der Waals surface area contributed by atoms with Crippen LogP contribution in [0.1, 0.15) is 23.1 Å². The van der Waals surface area contributed by atoms with Crippen LogP contribution >= 0.6 is 0 Å². The van der Waals surface area contributed by atoms with E-state index in [9.17, 15) is 14.4 Å². The molecule has 0 aliphatic rings. The Labute approximate surface area is 171 Å². The number of fused-ring (bicyclic) bond motifs is 1. The topological polar surface area (TPSA) is 98.4 Å². The second kappa shape index (κ2) is 7.75. The van der Waals surface area contributed by atoms with Crippen LogP contribution in [0.25, 0.3) is 16.9 Å². The molecule has 1 amide bonds. The Balaban J connectivity index is 1.62. The van der Waals surface area contributed by atoms with Crippen molar-refractivity contribution in [2.24, 2.45) is 0 Å². The van der Waals surface area contributed by atoms with Crippen LogP contribution in [0.3, 0.4) is 0 Å². The normalized spacial score (nSPS) is 10.9. The van der Waals surface area contributed by atoms with Crippen molar-refractivity contribution in [2.75, 3.05) is 5.32 Å². The van der Waals surface area contributed by atoms with Crippen molar-refractivity contribution in [1.82, 2.24) is 19.2 Å². The molecule has 0 aliphatic carbocycles. The number of Topliss-reactive ketones (excluding diaryl/α,β-unsaturated/α-hetero) is 1. The molecule has 2 aromatic heterocycles. The van der Waals surface area contributed by atoms with Crippen molar-refractivity contribution >= 4 is 23.0 Å². The lowest BCUT2D eigenvalue weighted by Gasteiger charge is -2.05. The number of hydrogen-bond acceptors (Lipinski definition) is 5. The van der Waals surface area contributed by atoms with Crippen LogP contribution in [0.15, 0.2) is 65.5 Å². The number of carbonyl (C=O) groups excluding carboxylic acids is 2. The van der Waals surface area contributed by atoms with Gasteiger partial charge in [0.05, 0.1) is 5.69 Å². The van der Waals surface area contributed by atoms with E-state index in [1.165, 1.54) is 11.3 Å². The lowest BCUT2D eigenvalue weighted by molar-refractivity contribution is -0.117. The molecule has 1 N–H and O–H groups in total. The third kappa shape index (κ3) is 3.75. The summed E-state index contributed by atoms with van der Waals surface area (Å²) in [5.74, 6) is -0.0351. The third-order valence-corrected chi connectivity index (χ3v) is 4.65. The maximum atomic E-state index is 12.7. The Bertz CT molecular complexity index is 1320. The van der Waals surface area contributed by atoms with Crippen molar-refractivity contribution in [3.63, 3.8) is 0 Å². The first-order valence-corrected chi connectivity index (χ1v) is 9.36. The van der Waals surface area contributed by atoms with E-state index in [1.54, 1.807) is 37.3 Å². The molecule has 0 spiro atoms. The minimum atomic E-state index is -0.442. The van der Waals surface area contributed by atoms with E-state index < -0.39 is 11.6 Å². The Kier molecular flexibility index (Phi) is 4.97. The molecule has 8 nitrogen and oxygen atoms in total. The molecule has 30 heavy (non-hydrogen) atoms. The van der Waals surface area contributed by atoms with E-state index in [0.717, 1.165) is 10.2 Å². The number of nitrogens with zero attached hydrogens (tertiary/aromatic N) is 4. The summed E-state index contributed by atoms with van der Waals surface area (Å²) in [5.41, 5.74) is 2.55. The van der Waals surface area contributed by atoms with Crippen LogP contribution in [0.5, 0.6) is 0 Å². The number of benzene rings is 2. The quantitative estimate of drug-likeness (QED) is 0.519. The highest BCUT2D eigenvalue weighted by Gasteiger charge is 2.15. The van der Waals surface area contributed by atoms with Crippen molar-refractivity contribution in [2.45, 2.75) is 20.4 Å². The molecule has 0 aliphatic heterocycles. The van der Waals surface area contributed by atoms with Gasteiger partial charge in [0.25, 0.3) is 0 Å². The van der Waals surface area contributed by atoms with Crippen LogP contribution in [0, 0.1) is 6.92 Å². The minimum absolute atomic E-state index is 0.0973. The molecule has 2 aromatic carbocycles. The van der Waals surface area contributed by atoms with Crippen LogP contribution < -0.4 is 11.0 Å². The van der Waals surface area contributed by atoms with Gasteiger partial charge in [0.2, 0.25) is 5.91 Å². The van der Waals surface area contributed by atoms with Gasteiger partial charge in [-0.05, 0) is 26.0 Å². The van der Waals surface area contributed by atoms with Gasteiger partial charge in [-0.3, -0.25) is 9.59 Å². The van der Waals surface area contributed by atoms with Crippen molar-refractivity contribution in [3.05, 3.63) is 82.5 Å². The van der Waals surface area contributed by atoms with E-state index in [1.807, 2.05) is 30.3 Å². The lowest BCUT2D eigenvalue weighted by Crippen LogP contribution is -2.29. The molecule has 0 unspecified atom stereocenters. The van der Waals surface area contributed by atoms with E-state index >= 15 is 0 Å². The Hall–Kier alpha value is -4.07. The zero-order valence-electron chi connectivity index (χ0n) is 16.5. The highest BCUT2D eigenvalue weighted by Crippen LogP contribution is 2.18. The predicted molar refractivity (Wildman–Crippen MR) is 112 cm³/mol. The van der Waals surface area contributed by atoms with Crippen molar-refractivity contribution in [3.8, 4) is 11.3 Å². The van der Waals surface area contributed by atoms with Crippen molar-refractivity contribution in [1.29, 1.82) is 0 Å². The highest BCUT2D eigenvalue weighted by atomic mass is 16.2. The number of anilines is 1. The molecule has 4 aromatic rings. The summed E-state index contributed by atoms with van der Waals surface area (Å²) in [4.78, 5) is 41.2. The maximum absolute atomic E-state index is 12.7. The van der Waals surface area contributed by atoms with Gasteiger partial charge in [-0.25, -0.2) is 18.9 Å². The molecule has 0 atom stereocenters. The number of nitrogens with one attached hydrogen (secondary N) is 1. The number of carbonyl (C=O) groups is 2. The molecule has 150 valence electrons. The van der Waals surface area contributed by atoms with Gasteiger partial charge < -0.3 is 5.32 Å². The lowest BCUT2D eigenvalue weighted by atomic mass is 10.1. The zero-order chi connectivity index (χ0) is 21.3. The van der Waals surface area contributed by atoms with Crippen LogP contribution in [-0.2, 0) is 11.3 Å². The first-order valence-electron chi connectivity index (χ1n) is 9.36. The minimum Gasteiger partial charge on any atom is -0.324 e. The van der Waals surface area contributed by atoms with Crippen molar-refractivity contribution < 1.29 is 9.59 Å². The SMILES string of the molecule is CC(=O)c1cccc(NC(=O)Cn2nc3cc(-c4ccccc4)nc(C)n3c2=O)c1. The number of hydrogen-bond donors (Lipinski definition) is 1. The second-order valence-corrected chi connectivity index (χ2v) is 6.87. The maximum Gasteiger partial charge on any atom is 0.352 e. The summed E-state index contributed by atoms with van der Waals surface area (Å²) in [6.07, 6.45) is 0. The molecule has 4 rings (SSSR count). The zero-order valence-corrected chi connectivity index (χ0v) is 16.5. The molecule has 0 bridgehead atoms. The van der Waals surface area contributed by atoms with Gasteiger partial charge in [-0.15, -0.1) is 5.10 Å². The largest absolute Gasteiger partial charge is 0.352 e. The Morgan fingerprint density at radius 2 is 1.80 bits per heavy atom. The van der Waals surface area contributed by atoms with Crippen LogP contribution in [-0.4, -0.2) is 30.9 Å². The van der Waals surface area contributed by atoms with E-state index in [2.05, 4.69) is 15.4 Å². The summed E-state index contributed by atoms with van der Waals surface area (Å²) in [6, 6.07) is 17.9. The molecule has 0 fully saturated rings.